The second-order valence-electron chi connectivity index (χ2n) is 6.06. The molecule has 1 saturated carbocycles. The summed E-state index contributed by atoms with van der Waals surface area (Å²) in [5.74, 6) is -0.297. The van der Waals surface area contributed by atoms with E-state index in [0.29, 0.717) is 17.7 Å². The van der Waals surface area contributed by atoms with E-state index in [9.17, 15) is 9.90 Å². The molecular formula is C14H22N2O4. The number of hydrogen-bond donors (Lipinski definition) is 2. The monoisotopic (exact) mass is 282 g/mol. The first kappa shape index (κ1) is 15.0. The summed E-state index contributed by atoms with van der Waals surface area (Å²) < 4.78 is 9.76. The van der Waals surface area contributed by atoms with E-state index in [1.165, 1.54) is 13.4 Å². The fraction of sp³-hybridized carbons (Fsp3) is 0.714. The van der Waals surface area contributed by atoms with Crippen LogP contribution in [0.25, 0.3) is 0 Å². The Bertz CT molecular complexity index is 483. The molecule has 1 aromatic rings. The smallest absolute Gasteiger partial charge is 0.256 e. The number of nitrogens with one attached hydrogen (secondary N) is 1. The molecule has 1 amide bonds. The van der Waals surface area contributed by atoms with Crippen molar-refractivity contribution in [3.8, 4) is 0 Å². The van der Waals surface area contributed by atoms with Gasteiger partial charge in [-0.2, -0.15) is 0 Å². The molecule has 1 aromatic heterocycles. The normalized spacial score (nSPS) is 24.8. The third-order valence-corrected chi connectivity index (χ3v) is 4.36. The van der Waals surface area contributed by atoms with Gasteiger partial charge in [0.25, 0.3) is 5.91 Å². The number of carbonyl (C=O) groups is 1. The SMILES string of the molecule is COCc1nocc1C(=O)NCC1(O)CCCC1(C)C. The van der Waals surface area contributed by atoms with E-state index in [2.05, 4.69) is 10.5 Å². The topological polar surface area (TPSA) is 84.6 Å². The number of amides is 1. The van der Waals surface area contributed by atoms with E-state index in [0.717, 1.165) is 12.8 Å². The molecule has 1 heterocycles. The average Bonchev–Trinajstić information content (AvgIpc) is 2.93. The molecule has 0 radical (unpaired) electrons. The number of aliphatic hydroxyl groups is 1. The zero-order valence-corrected chi connectivity index (χ0v) is 12.2. The third kappa shape index (κ3) is 2.71. The van der Waals surface area contributed by atoms with Gasteiger partial charge in [-0.15, -0.1) is 0 Å². The van der Waals surface area contributed by atoms with Crippen LogP contribution in [0.5, 0.6) is 0 Å². The van der Waals surface area contributed by atoms with Crippen LogP contribution < -0.4 is 5.32 Å². The van der Waals surface area contributed by atoms with Crippen LogP contribution >= 0.6 is 0 Å². The largest absolute Gasteiger partial charge is 0.387 e. The van der Waals surface area contributed by atoms with E-state index in [1.54, 1.807) is 0 Å². The molecule has 1 fully saturated rings. The van der Waals surface area contributed by atoms with Crippen LogP contribution in [0.1, 0.15) is 49.2 Å². The highest BCUT2D eigenvalue weighted by atomic mass is 16.5. The first-order valence-electron chi connectivity index (χ1n) is 6.82. The summed E-state index contributed by atoms with van der Waals surface area (Å²) in [5.41, 5.74) is -0.236. The van der Waals surface area contributed by atoms with E-state index >= 15 is 0 Å². The summed E-state index contributed by atoms with van der Waals surface area (Å²) in [6, 6.07) is 0. The number of rotatable bonds is 5. The molecule has 0 aliphatic heterocycles. The minimum atomic E-state index is -0.860. The maximum atomic E-state index is 12.1. The van der Waals surface area contributed by atoms with Crippen molar-refractivity contribution in [3.05, 3.63) is 17.5 Å². The molecule has 112 valence electrons. The molecule has 0 saturated heterocycles. The van der Waals surface area contributed by atoms with Crippen molar-refractivity contribution in [3.63, 3.8) is 0 Å². The Morgan fingerprint density at radius 3 is 2.90 bits per heavy atom. The van der Waals surface area contributed by atoms with Gasteiger partial charge >= 0.3 is 0 Å². The van der Waals surface area contributed by atoms with E-state index in [-0.39, 0.29) is 24.5 Å². The second-order valence-corrected chi connectivity index (χ2v) is 6.06. The molecule has 2 rings (SSSR count). The number of methoxy groups -OCH3 is 1. The van der Waals surface area contributed by atoms with Crippen LogP contribution in [0.15, 0.2) is 10.8 Å². The highest BCUT2D eigenvalue weighted by Gasteiger charge is 2.47. The fourth-order valence-electron chi connectivity index (χ4n) is 2.73. The molecule has 1 aliphatic rings. The minimum absolute atomic E-state index is 0.190. The van der Waals surface area contributed by atoms with Gasteiger partial charge in [-0.25, -0.2) is 0 Å². The van der Waals surface area contributed by atoms with E-state index in [1.807, 2.05) is 13.8 Å². The first-order valence-corrected chi connectivity index (χ1v) is 6.82. The lowest BCUT2D eigenvalue weighted by Gasteiger charge is -2.36. The van der Waals surface area contributed by atoms with Crippen LogP contribution in [-0.2, 0) is 11.3 Å². The maximum absolute atomic E-state index is 12.1. The molecule has 20 heavy (non-hydrogen) atoms. The summed E-state index contributed by atoms with van der Waals surface area (Å²) >= 11 is 0. The minimum Gasteiger partial charge on any atom is -0.387 e. The van der Waals surface area contributed by atoms with Gasteiger partial charge in [0.2, 0.25) is 0 Å². The molecule has 1 unspecified atom stereocenters. The van der Waals surface area contributed by atoms with Gasteiger partial charge in [0.05, 0.1) is 12.2 Å². The molecule has 0 bridgehead atoms. The predicted octanol–water partition coefficient (Wildman–Crippen LogP) is 1.49. The van der Waals surface area contributed by atoms with Gasteiger partial charge in [0.1, 0.15) is 17.5 Å². The highest BCUT2D eigenvalue weighted by molar-refractivity contribution is 5.94. The summed E-state index contributed by atoms with van der Waals surface area (Å²) in [7, 11) is 1.53. The van der Waals surface area contributed by atoms with Crippen molar-refractivity contribution in [1.82, 2.24) is 10.5 Å². The van der Waals surface area contributed by atoms with Crippen LogP contribution in [0.2, 0.25) is 0 Å². The standard InChI is InChI=1S/C14H22N2O4/c1-13(2)5-4-6-14(13,18)9-15-12(17)10-7-20-16-11(10)8-19-3/h7,18H,4-6,8-9H2,1-3H3,(H,15,17). The lowest BCUT2D eigenvalue weighted by atomic mass is 9.78. The van der Waals surface area contributed by atoms with Crippen molar-refractivity contribution < 1.29 is 19.2 Å². The number of hydrogen-bond acceptors (Lipinski definition) is 5. The third-order valence-electron chi connectivity index (χ3n) is 4.36. The van der Waals surface area contributed by atoms with Crippen LogP contribution in [-0.4, -0.2) is 35.4 Å². The van der Waals surface area contributed by atoms with Gasteiger partial charge < -0.3 is 19.7 Å². The van der Waals surface area contributed by atoms with E-state index < -0.39 is 5.60 Å². The van der Waals surface area contributed by atoms with Crippen molar-refractivity contribution in [1.29, 1.82) is 0 Å². The first-order chi connectivity index (χ1) is 9.39. The molecule has 0 aromatic carbocycles. The summed E-state index contributed by atoms with van der Waals surface area (Å²) in [4.78, 5) is 12.1. The Morgan fingerprint density at radius 2 is 2.30 bits per heavy atom. The summed E-state index contributed by atoms with van der Waals surface area (Å²) in [6.07, 6.45) is 3.94. The number of ether oxygens (including phenoxy) is 1. The lowest BCUT2D eigenvalue weighted by molar-refractivity contribution is -0.0394. The van der Waals surface area contributed by atoms with Crippen LogP contribution in [0.4, 0.5) is 0 Å². The molecular weight excluding hydrogens is 260 g/mol. The molecule has 6 heteroatoms. The van der Waals surface area contributed by atoms with E-state index in [4.69, 9.17) is 9.26 Å². The Kier molecular flexibility index (Phi) is 4.15. The Hall–Kier alpha value is -1.40. The number of nitrogens with zero attached hydrogens (tertiary/aromatic N) is 1. The van der Waals surface area contributed by atoms with Gasteiger partial charge in [-0.05, 0) is 24.7 Å². The molecule has 1 aliphatic carbocycles. The quantitative estimate of drug-likeness (QED) is 0.854. The number of aromatic nitrogens is 1. The number of carbonyl (C=O) groups excluding carboxylic acids is 1. The maximum Gasteiger partial charge on any atom is 0.256 e. The van der Waals surface area contributed by atoms with Gasteiger partial charge in [-0.3, -0.25) is 4.79 Å². The van der Waals surface area contributed by atoms with Gasteiger partial charge in [0, 0.05) is 13.7 Å². The predicted molar refractivity (Wildman–Crippen MR) is 72.1 cm³/mol. The average molecular weight is 282 g/mol. The molecule has 1 atom stereocenters. The van der Waals surface area contributed by atoms with Crippen molar-refractivity contribution in [2.24, 2.45) is 5.41 Å². The molecule has 6 nitrogen and oxygen atoms in total. The second kappa shape index (κ2) is 5.54. The van der Waals surface area contributed by atoms with Crippen molar-refractivity contribution in [2.45, 2.75) is 45.3 Å². The van der Waals surface area contributed by atoms with Crippen LogP contribution in [0, 0.1) is 5.41 Å². The molecule has 0 spiro atoms. The highest BCUT2D eigenvalue weighted by Crippen LogP contribution is 2.45. The Balaban J connectivity index is 2.00. The van der Waals surface area contributed by atoms with Crippen molar-refractivity contribution in [2.75, 3.05) is 13.7 Å². The summed E-state index contributed by atoms with van der Waals surface area (Å²) in [5, 5.41) is 17.2. The molecule has 2 N–H and O–H groups in total. The Morgan fingerprint density at radius 1 is 1.55 bits per heavy atom. The van der Waals surface area contributed by atoms with Crippen molar-refractivity contribution >= 4 is 5.91 Å². The van der Waals surface area contributed by atoms with Gasteiger partial charge in [0.15, 0.2) is 0 Å². The lowest BCUT2D eigenvalue weighted by Crippen LogP contribution is -2.49. The fourth-order valence-corrected chi connectivity index (χ4v) is 2.73. The summed E-state index contributed by atoms with van der Waals surface area (Å²) in [6.45, 7) is 4.51. The van der Waals surface area contributed by atoms with Gasteiger partial charge in [-0.1, -0.05) is 19.0 Å². The zero-order valence-electron chi connectivity index (χ0n) is 12.2. The van der Waals surface area contributed by atoms with Crippen LogP contribution in [0.3, 0.4) is 0 Å². The Labute approximate surface area is 118 Å². The zero-order chi connectivity index (χ0) is 14.8.